The van der Waals surface area contributed by atoms with Crippen LogP contribution >= 0.6 is 0 Å². The Bertz CT molecular complexity index is 1300. The van der Waals surface area contributed by atoms with Crippen LogP contribution in [0, 0.1) is 0 Å². The Hall–Kier alpha value is -4.07. The second kappa shape index (κ2) is 9.89. The number of aliphatic imine (C=N–C) groups is 1. The lowest BCUT2D eigenvalue weighted by Crippen LogP contribution is -2.46. The topological polar surface area (TPSA) is 96.8 Å². The zero-order valence-electron chi connectivity index (χ0n) is 21.3. The summed E-state index contributed by atoms with van der Waals surface area (Å²) in [7, 11) is 0. The van der Waals surface area contributed by atoms with Gasteiger partial charge in [0.25, 0.3) is 5.91 Å². The van der Waals surface area contributed by atoms with Gasteiger partial charge in [-0.25, -0.2) is 4.79 Å². The highest BCUT2D eigenvalue weighted by molar-refractivity contribution is 6.08. The molecule has 4 rings (SSSR count). The molecule has 8 nitrogen and oxygen atoms in total. The van der Waals surface area contributed by atoms with Crippen molar-refractivity contribution in [3.8, 4) is 0 Å². The fourth-order valence-corrected chi connectivity index (χ4v) is 4.24. The molecule has 0 atom stereocenters. The van der Waals surface area contributed by atoms with Gasteiger partial charge in [0.15, 0.2) is 0 Å². The molecule has 2 heterocycles. The van der Waals surface area contributed by atoms with Crippen LogP contribution in [0.2, 0.25) is 0 Å². The number of rotatable bonds is 4. The van der Waals surface area contributed by atoms with Crippen molar-refractivity contribution in [3.05, 3.63) is 83.2 Å². The van der Waals surface area contributed by atoms with Crippen molar-refractivity contribution in [1.29, 1.82) is 0 Å². The van der Waals surface area contributed by atoms with Crippen molar-refractivity contribution in [2.45, 2.75) is 52.2 Å². The molecule has 2 aromatic carbocycles. The van der Waals surface area contributed by atoms with E-state index in [9.17, 15) is 9.59 Å². The summed E-state index contributed by atoms with van der Waals surface area (Å²) in [5.74, 6) is -0.269. The smallest absolute Gasteiger partial charge is 0.410 e. The predicted octanol–water partition coefficient (Wildman–Crippen LogP) is 5.51. The van der Waals surface area contributed by atoms with Gasteiger partial charge in [0.1, 0.15) is 5.60 Å². The third-order valence-corrected chi connectivity index (χ3v) is 5.80. The molecule has 1 N–H and O–H groups in total. The van der Waals surface area contributed by atoms with E-state index in [0.717, 1.165) is 16.7 Å². The highest BCUT2D eigenvalue weighted by atomic mass is 16.6. The van der Waals surface area contributed by atoms with Gasteiger partial charge in [0.05, 0.1) is 23.6 Å². The second-order valence-corrected chi connectivity index (χ2v) is 10.5. The van der Waals surface area contributed by atoms with Crippen molar-refractivity contribution in [2.75, 3.05) is 11.9 Å². The summed E-state index contributed by atoms with van der Waals surface area (Å²) in [5.41, 5.74) is 3.73. The van der Waals surface area contributed by atoms with Gasteiger partial charge in [0.2, 0.25) is 0 Å². The number of fused-ring (bicyclic) bond motifs is 1. The van der Waals surface area contributed by atoms with Crippen LogP contribution in [0.15, 0.2) is 65.9 Å². The summed E-state index contributed by atoms with van der Waals surface area (Å²) in [6.45, 7) is 10.8. The van der Waals surface area contributed by atoms with Gasteiger partial charge in [-0.3, -0.25) is 9.79 Å². The third-order valence-electron chi connectivity index (χ3n) is 5.80. The van der Waals surface area contributed by atoms with Crippen LogP contribution in [0.1, 0.15) is 61.7 Å². The Kier molecular flexibility index (Phi) is 6.88. The van der Waals surface area contributed by atoms with E-state index in [1.807, 2.05) is 45.0 Å². The summed E-state index contributed by atoms with van der Waals surface area (Å²) in [6, 6.07) is 14.8. The zero-order valence-corrected chi connectivity index (χ0v) is 21.3. The second-order valence-electron chi connectivity index (χ2n) is 10.5. The molecule has 3 aromatic rings. The first-order chi connectivity index (χ1) is 17.0. The number of para-hydroxylation sites is 1. The van der Waals surface area contributed by atoms with Gasteiger partial charge < -0.3 is 15.0 Å². The monoisotopic (exact) mass is 485 g/mol. The average molecular weight is 486 g/mol. The minimum absolute atomic E-state index is 0.254. The maximum atomic E-state index is 13.2. The fourth-order valence-electron chi connectivity index (χ4n) is 4.24. The Morgan fingerprint density at radius 1 is 1.11 bits per heavy atom. The van der Waals surface area contributed by atoms with E-state index in [1.165, 1.54) is 0 Å². The molecule has 1 aliphatic rings. The number of anilines is 1. The normalized spacial score (nSPS) is 14.9. The van der Waals surface area contributed by atoms with E-state index in [4.69, 9.17) is 4.74 Å². The lowest BCUT2D eigenvalue weighted by Gasteiger charge is -2.40. The van der Waals surface area contributed by atoms with Crippen LogP contribution in [0.4, 0.5) is 16.2 Å². The molecular weight excluding hydrogens is 454 g/mol. The van der Waals surface area contributed by atoms with Crippen LogP contribution in [0.5, 0.6) is 0 Å². The van der Waals surface area contributed by atoms with E-state index in [0.29, 0.717) is 30.0 Å². The summed E-state index contributed by atoms with van der Waals surface area (Å²) in [5, 5.41) is 10.6. The maximum Gasteiger partial charge on any atom is 0.410 e. The number of hydrogen-bond acceptors (Lipinski definition) is 6. The van der Waals surface area contributed by atoms with Gasteiger partial charge in [-0.2, -0.15) is 10.2 Å². The molecule has 0 radical (unpaired) electrons. The van der Waals surface area contributed by atoms with E-state index in [-0.39, 0.29) is 17.4 Å². The molecule has 0 bridgehead atoms. The number of amides is 2. The zero-order chi connectivity index (χ0) is 25.9. The van der Waals surface area contributed by atoms with Gasteiger partial charge in [-0.05, 0) is 62.2 Å². The maximum absolute atomic E-state index is 13.2. The Labute approximate surface area is 211 Å². The van der Waals surface area contributed by atoms with Crippen LogP contribution in [-0.4, -0.2) is 45.5 Å². The molecule has 186 valence electrons. The minimum Gasteiger partial charge on any atom is -0.444 e. The van der Waals surface area contributed by atoms with Gasteiger partial charge in [-0.1, -0.05) is 32.0 Å². The summed E-state index contributed by atoms with van der Waals surface area (Å²) >= 11 is 0. The van der Waals surface area contributed by atoms with Crippen LogP contribution in [-0.2, 0) is 16.7 Å². The van der Waals surface area contributed by atoms with Crippen molar-refractivity contribution >= 4 is 29.6 Å². The van der Waals surface area contributed by atoms with E-state index in [1.54, 1.807) is 47.8 Å². The number of carbonyl (C=O) groups is 2. The molecule has 2 amide bonds. The first-order valence-electron chi connectivity index (χ1n) is 11.8. The Morgan fingerprint density at radius 2 is 1.89 bits per heavy atom. The lowest BCUT2D eigenvalue weighted by molar-refractivity contribution is 0.0174. The highest BCUT2D eigenvalue weighted by Gasteiger charge is 2.35. The lowest BCUT2D eigenvalue weighted by atomic mass is 9.78. The number of nitrogens with zero attached hydrogens (tertiary/aromatic N) is 4. The van der Waals surface area contributed by atoms with E-state index < -0.39 is 5.60 Å². The average Bonchev–Trinajstić information content (AvgIpc) is 2.82. The molecule has 1 aliphatic heterocycles. The fraction of sp³-hybridized carbons (Fsp3) is 0.321. The number of nitrogens with one attached hydrogen (secondary N) is 1. The molecule has 0 unspecified atom stereocenters. The summed E-state index contributed by atoms with van der Waals surface area (Å²) < 4.78 is 5.60. The summed E-state index contributed by atoms with van der Waals surface area (Å²) in [6.07, 6.45) is 4.49. The largest absolute Gasteiger partial charge is 0.444 e. The Balaban J connectivity index is 1.55. The number of aromatic nitrogens is 2. The quantitative estimate of drug-likeness (QED) is 0.492. The molecule has 36 heavy (non-hydrogen) atoms. The molecule has 0 spiro atoms. The molecule has 0 saturated heterocycles. The first-order valence-corrected chi connectivity index (χ1v) is 11.8. The van der Waals surface area contributed by atoms with Crippen LogP contribution in [0.3, 0.4) is 0 Å². The van der Waals surface area contributed by atoms with Gasteiger partial charge in [-0.15, -0.1) is 0 Å². The van der Waals surface area contributed by atoms with E-state index in [2.05, 4.69) is 34.4 Å². The molecule has 0 fully saturated rings. The first kappa shape index (κ1) is 25.0. The SMILES string of the molecule is CC(C)(C)OC(=O)N1Cc2cc(NC(=O)c3ccccc3/N=C/c3ccnnc3)ccc2C(C)(C)C1. The number of carbonyl (C=O) groups excluding carboxylic acids is 2. The van der Waals surface area contributed by atoms with Crippen LogP contribution < -0.4 is 5.32 Å². The molecular formula is C28H31N5O3. The third kappa shape index (κ3) is 5.94. The predicted molar refractivity (Wildman–Crippen MR) is 140 cm³/mol. The number of benzene rings is 2. The molecule has 8 heteroatoms. The van der Waals surface area contributed by atoms with Crippen molar-refractivity contribution in [2.24, 2.45) is 4.99 Å². The molecule has 1 aromatic heterocycles. The molecule has 0 saturated carbocycles. The summed E-state index contributed by atoms with van der Waals surface area (Å²) in [4.78, 5) is 32.1. The molecule has 0 aliphatic carbocycles. The minimum atomic E-state index is -0.568. The highest BCUT2D eigenvalue weighted by Crippen LogP contribution is 2.35. The number of ether oxygens (including phenoxy) is 1. The number of hydrogen-bond donors (Lipinski definition) is 1. The Morgan fingerprint density at radius 3 is 2.61 bits per heavy atom. The van der Waals surface area contributed by atoms with Gasteiger partial charge in [0, 0.05) is 36.0 Å². The standard InChI is InChI=1S/C28H31N5O3/c1-27(2,3)36-26(35)33-17-20-14-21(10-11-23(20)28(4,5)18-33)32-25(34)22-8-6-7-9-24(22)29-15-19-12-13-30-31-16-19/h6-16H,17-18H2,1-5H3,(H,32,34)/b29-15+. The van der Waals surface area contributed by atoms with Gasteiger partial charge >= 0.3 is 6.09 Å². The van der Waals surface area contributed by atoms with E-state index >= 15 is 0 Å². The van der Waals surface area contributed by atoms with Crippen molar-refractivity contribution in [3.63, 3.8) is 0 Å². The van der Waals surface area contributed by atoms with Crippen molar-refractivity contribution in [1.82, 2.24) is 15.1 Å². The van der Waals surface area contributed by atoms with Crippen molar-refractivity contribution < 1.29 is 14.3 Å². The van der Waals surface area contributed by atoms with Crippen LogP contribution in [0.25, 0.3) is 0 Å².